The van der Waals surface area contributed by atoms with Gasteiger partial charge in [0, 0.05) is 6.04 Å². The maximum Gasteiger partial charge on any atom is 0.315 e. The standard InChI is InChI=1S/C10H18N2O2/c13-9-4-2-1-3-8(9)12-10(14)11-7-5-6-7/h7-9,13H,1-6H2,(H2,11,12,14)/t8-,9-/m1/s1. The molecule has 4 nitrogen and oxygen atoms in total. The van der Waals surface area contributed by atoms with Gasteiger partial charge >= 0.3 is 6.03 Å². The van der Waals surface area contributed by atoms with E-state index in [-0.39, 0.29) is 18.2 Å². The van der Waals surface area contributed by atoms with E-state index < -0.39 is 0 Å². The van der Waals surface area contributed by atoms with Crippen molar-refractivity contribution in [1.29, 1.82) is 0 Å². The Hall–Kier alpha value is -0.770. The zero-order valence-electron chi connectivity index (χ0n) is 8.33. The van der Waals surface area contributed by atoms with Gasteiger partial charge in [0.25, 0.3) is 0 Å². The maximum atomic E-state index is 11.4. The van der Waals surface area contributed by atoms with Crippen molar-refractivity contribution in [3.63, 3.8) is 0 Å². The smallest absolute Gasteiger partial charge is 0.315 e. The van der Waals surface area contributed by atoms with Gasteiger partial charge in [0.1, 0.15) is 0 Å². The molecule has 2 fully saturated rings. The predicted octanol–water partition coefficient (Wildman–Crippen LogP) is 0.751. The number of hydrogen-bond donors (Lipinski definition) is 3. The zero-order valence-corrected chi connectivity index (χ0v) is 8.33. The molecule has 14 heavy (non-hydrogen) atoms. The van der Waals surface area contributed by atoms with Gasteiger partial charge in [-0.05, 0) is 25.7 Å². The lowest BCUT2D eigenvalue weighted by molar-refractivity contribution is 0.0943. The Morgan fingerprint density at radius 3 is 2.43 bits per heavy atom. The van der Waals surface area contributed by atoms with Crippen LogP contribution < -0.4 is 10.6 Å². The largest absolute Gasteiger partial charge is 0.391 e. The van der Waals surface area contributed by atoms with Crippen LogP contribution in [0.4, 0.5) is 4.79 Å². The van der Waals surface area contributed by atoms with Gasteiger partial charge in [-0.1, -0.05) is 12.8 Å². The minimum atomic E-state index is -0.353. The first-order valence-corrected chi connectivity index (χ1v) is 5.51. The number of carbonyl (C=O) groups is 1. The highest BCUT2D eigenvalue weighted by Gasteiger charge is 2.27. The summed E-state index contributed by atoms with van der Waals surface area (Å²) in [5.74, 6) is 0. The summed E-state index contributed by atoms with van der Waals surface area (Å²) in [5, 5.41) is 15.3. The van der Waals surface area contributed by atoms with E-state index in [4.69, 9.17) is 0 Å². The minimum Gasteiger partial charge on any atom is -0.391 e. The lowest BCUT2D eigenvalue weighted by atomic mass is 9.93. The van der Waals surface area contributed by atoms with Gasteiger partial charge in [-0.2, -0.15) is 0 Å². The topological polar surface area (TPSA) is 61.4 Å². The van der Waals surface area contributed by atoms with Crippen LogP contribution in [0, 0.1) is 0 Å². The Labute approximate surface area is 84.1 Å². The number of carbonyl (C=O) groups excluding carboxylic acids is 1. The van der Waals surface area contributed by atoms with Crippen molar-refractivity contribution in [1.82, 2.24) is 10.6 Å². The van der Waals surface area contributed by atoms with Crippen LogP contribution in [0.3, 0.4) is 0 Å². The van der Waals surface area contributed by atoms with E-state index in [1.165, 1.54) is 0 Å². The highest BCUT2D eigenvalue weighted by Crippen LogP contribution is 2.20. The van der Waals surface area contributed by atoms with Crippen molar-refractivity contribution in [3.8, 4) is 0 Å². The molecule has 2 rings (SSSR count). The normalized spacial score (nSPS) is 32.4. The van der Waals surface area contributed by atoms with Crippen LogP contribution in [-0.2, 0) is 0 Å². The lowest BCUT2D eigenvalue weighted by Gasteiger charge is -2.28. The van der Waals surface area contributed by atoms with Gasteiger partial charge in [-0.3, -0.25) is 0 Å². The van der Waals surface area contributed by atoms with E-state index in [9.17, 15) is 9.90 Å². The second kappa shape index (κ2) is 4.17. The average molecular weight is 198 g/mol. The summed E-state index contributed by atoms with van der Waals surface area (Å²) in [4.78, 5) is 11.4. The van der Waals surface area contributed by atoms with Crippen LogP contribution in [0.1, 0.15) is 38.5 Å². The van der Waals surface area contributed by atoms with Gasteiger partial charge in [-0.25, -0.2) is 4.79 Å². The molecule has 0 spiro atoms. The van der Waals surface area contributed by atoms with E-state index in [1.807, 2.05) is 0 Å². The molecule has 80 valence electrons. The third kappa shape index (κ3) is 2.61. The fourth-order valence-electron chi connectivity index (χ4n) is 1.90. The summed E-state index contributed by atoms with van der Waals surface area (Å²) in [7, 11) is 0. The molecule has 0 aromatic heterocycles. The van der Waals surface area contributed by atoms with Crippen LogP contribution in [-0.4, -0.2) is 29.3 Å². The van der Waals surface area contributed by atoms with Gasteiger partial charge in [0.05, 0.1) is 12.1 Å². The molecule has 2 aliphatic carbocycles. The summed E-state index contributed by atoms with van der Waals surface area (Å²) in [6, 6.07) is 0.233. The molecule has 3 N–H and O–H groups in total. The highest BCUT2D eigenvalue weighted by atomic mass is 16.3. The van der Waals surface area contributed by atoms with E-state index in [1.54, 1.807) is 0 Å². The third-order valence-corrected chi connectivity index (χ3v) is 2.96. The molecule has 0 aliphatic heterocycles. The molecule has 0 radical (unpaired) electrons. The molecule has 4 heteroatoms. The summed E-state index contributed by atoms with van der Waals surface area (Å²) in [5.41, 5.74) is 0. The number of aliphatic hydroxyl groups excluding tert-OH is 1. The molecule has 0 aromatic carbocycles. The Morgan fingerprint density at radius 1 is 1.07 bits per heavy atom. The second-order valence-corrected chi connectivity index (χ2v) is 4.35. The van der Waals surface area contributed by atoms with Crippen molar-refractivity contribution < 1.29 is 9.90 Å². The number of amides is 2. The molecule has 2 amide bonds. The second-order valence-electron chi connectivity index (χ2n) is 4.35. The van der Waals surface area contributed by atoms with Crippen molar-refractivity contribution in [3.05, 3.63) is 0 Å². The first-order valence-electron chi connectivity index (χ1n) is 5.51. The van der Waals surface area contributed by atoms with E-state index >= 15 is 0 Å². The van der Waals surface area contributed by atoms with Gasteiger partial charge in [0.2, 0.25) is 0 Å². The zero-order chi connectivity index (χ0) is 9.97. The monoisotopic (exact) mass is 198 g/mol. The Balaban J connectivity index is 1.73. The molecular formula is C10H18N2O2. The first-order chi connectivity index (χ1) is 6.75. The highest BCUT2D eigenvalue weighted by molar-refractivity contribution is 5.75. The minimum absolute atomic E-state index is 0.0394. The molecule has 0 saturated heterocycles. The van der Waals surface area contributed by atoms with Crippen LogP contribution in [0.15, 0.2) is 0 Å². The number of rotatable bonds is 2. The number of hydrogen-bond acceptors (Lipinski definition) is 2. The van der Waals surface area contributed by atoms with E-state index in [0.29, 0.717) is 6.04 Å². The summed E-state index contributed by atoms with van der Waals surface area (Å²) in [6.07, 6.45) is 5.73. The molecule has 0 unspecified atom stereocenters. The molecule has 2 aliphatic rings. The van der Waals surface area contributed by atoms with Crippen LogP contribution in [0.5, 0.6) is 0 Å². The van der Waals surface area contributed by atoms with E-state index in [0.717, 1.165) is 38.5 Å². The number of urea groups is 1. The van der Waals surface area contributed by atoms with Crippen LogP contribution >= 0.6 is 0 Å². The lowest BCUT2D eigenvalue weighted by Crippen LogP contribution is -2.49. The quantitative estimate of drug-likeness (QED) is 0.613. The first kappa shape index (κ1) is 9.77. The van der Waals surface area contributed by atoms with Crippen LogP contribution in [0.2, 0.25) is 0 Å². The Morgan fingerprint density at radius 2 is 1.79 bits per heavy atom. The maximum absolute atomic E-state index is 11.4. The molecule has 0 heterocycles. The predicted molar refractivity (Wildman–Crippen MR) is 53.0 cm³/mol. The fourth-order valence-corrected chi connectivity index (χ4v) is 1.90. The summed E-state index contributed by atoms with van der Waals surface area (Å²) in [6.45, 7) is 0. The molecule has 2 saturated carbocycles. The van der Waals surface area contributed by atoms with E-state index in [2.05, 4.69) is 10.6 Å². The van der Waals surface area contributed by atoms with Crippen molar-refractivity contribution >= 4 is 6.03 Å². The third-order valence-electron chi connectivity index (χ3n) is 2.96. The fraction of sp³-hybridized carbons (Fsp3) is 0.900. The SMILES string of the molecule is O=C(NC1CC1)N[C@@H]1CCCC[C@H]1O. The Bertz CT molecular complexity index is 216. The number of nitrogens with one attached hydrogen (secondary N) is 2. The van der Waals surface area contributed by atoms with Crippen LogP contribution in [0.25, 0.3) is 0 Å². The van der Waals surface area contributed by atoms with Gasteiger partial charge in [-0.15, -0.1) is 0 Å². The summed E-state index contributed by atoms with van der Waals surface area (Å²) < 4.78 is 0. The molecule has 2 atom stereocenters. The molecular weight excluding hydrogens is 180 g/mol. The average Bonchev–Trinajstić information content (AvgIpc) is 2.93. The van der Waals surface area contributed by atoms with Crippen molar-refractivity contribution in [2.24, 2.45) is 0 Å². The molecule has 0 bridgehead atoms. The summed E-state index contributed by atoms with van der Waals surface area (Å²) >= 11 is 0. The van der Waals surface area contributed by atoms with Crippen molar-refractivity contribution in [2.45, 2.75) is 56.7 Å². The van der Waals surface area contributed by atoms with Crippen molar-refractivity contribution in [2.75, 3.05) is 0 Å². The molecule has 0 aromatic rings. The van der Waals surface area contributed by atoms with Gasteiger partial charge in [0.15, 0.2) is 0 Å². The van der Waals surface area contributed by atoms with Gasteiger partial charge < -0.3 is 15.7 Å². The number of aliphatic hydroxyl groups is 1. The Kier molecular flexibility index (Phi) is 2.91.